The zero-order valence-corrected chi connectivity index (χ0v) is 10.7. The average molecular weight is 271 g/mol. The molecule has 0 fully saturated rings. The highest BCUT2D eigenvalue weighted by molar-refractivity contribution is 9.10. The quantitative estimate of drug-likeness (QED) is 0.859. The van der Waals surface area contributed by atoms with Gasteiger partial charge in [-0.05, 0) is 24.5 Å². The molecule has 0 spiro atoms. The number of nitrogens with zero attached hydrogens (tertiary/aromatic N) is 1. The van der Waals surface area contributed by atoms with Gasteiger partial charge in [0.05, 0.1) is 16.7 Å². The summed E-state index contributed by atoms with van der Waals surface area (Å²) >= 11 is 3.36. The van der Waals surface area contributed by atoms with Gasteiger partial charge in [0.15, 0.2) is 0 Å². The van der Waals surface area contributed by atoms with Crippen LogP contribution in [-0.4, -0.2) is 15.7 Å². The Kier molecular flexibility index (Phi) is 4.27. The lowest BCUT2D eigenvalue weighted by molar-refractivity contribution is -0.116. The van der Waals surface area contributed by atoms with Crippen LogP contribution in [0.3, 0.4) is 0 Å². The lowest BCUT2D eigenvalue weighted by atomic mass is 10.1. The summed E-state index contributed by atoms with van der Waals surface area (Å²) in [4.78, 5) is 15.5. The number of halogens is 1. The van der Waals surface area contributed by atoms with Gasteiger partial charge >= 0.3 is 0 Å². The first-order valence-corrected chi connectivity index (χ1v) is 5.79. The van der Waals surface area contributed by atoms with Crippen LogP contribution in [0.1, 0.15) is 19.4 Å². The number of aryl methyl sites for hydroxylation is 1. The van der Waals surface area contributed by atoms with Crippen molar-refractivity contribution < 1.29 is 4.79 Å². The third-order valence-electron chi connectivity index (χ3n) is 2.13. The standard InChI is InChI=1S/C11H15BrN2O/c1-7(2)10(12)11(15)14-9-6-13-5-4-8(9)3/h4-7,10H,1-3H3,(H,14,15). The Hall–Kier alpha value is -0.900. The van der Waals surface area contributed by atoms with Gasteiger partial charge in [-0.3, -0.25) is 9.78 Å². The Balaban J connectivity index is 2.71. The molecule has 1 atom stereocenters. The number of anilines is 1. The van der Waals surface area contributed by atoms with Crippen molar-refractivity contribution in [2.45, 2.75) is 25.6 Å². The molecule has 3 nitrogen and oxygen atoms in total. The van der Waals surface area contributed by atoms with Gasteiger partial charge in [0.25, 0.3) is 0 Å². The molecule has 0 saturated carbocycles. The molecular weight excluding hydrogens is 256 g/mol. The number of amides is 1. The van der Waals surface area contributed by atoms with Crippen LogP contribution in [0.15, 0.2) is 18.5 Å². The second-order valence-electron chi connectivity index (χ2n) is 3.83. The molecule has 4 heteroatoms. The molecule has 1 unspecified atom stereocenters. The normalized spacial score (nSPS) is 12.6. The molecule has 0 aliphatic heterocycles. The van der Waals surface area contributed by atoms with Crippen molar-refractivity contribution in [3.8, 4) is 0 Å². The van der Waals surface area contributed by atoms with Gasteiger partial charge in [0.1, 0.15) is 0 Å². The van der Waals surface area contributed by atoms with Crippen LogP contribution in [0.2, 0.25) is 0 Å². The maximum atomic E-state index is 11.7. The summed E-state index contributed by atoms with van der Waals surface area (Å²) in [5.74, 6) is 0.239. The minimum atomic E-state index is -0.169. The van der Waals surface area contributed by atoms with Crippen molar-refractivity contribution >= 4 is 27.5 Å². The van der Waals surface area contributed by atoms with E-state index in [-0.39, 0.29) is 16.7 Å². The fourth-order valence-corrected chi connectivity index (χ4v) is 1.21. The van der Waals surface area contributed by atoms with E-state index in [2.05, 4.69) is 26.2 Å². The van der Waals surface area contributed by atoms with Crippen LogP contribution in [0.4, 0.5) is 5.69 Å². The zero-order valence-electron chi connectivity index (χ0n) is 9.12. The lowest BCUT2D eigenvalue weighted by Gasteiger charge is -2.14. The van der Waals surface area contributed by atoms with Crippen LogP contribution in [0, 0.1) is 12.8 Å². The summed E-state index contributed by atoms with van der Waals surface area (Å²) in [6, 6.07) is 1.87. The second-order valence-corrected chi connectivity index (χ2v) is 4.81. The van der Waals surface area contributed by atoms with Crippen LogP contribution < -0.4 is 5.32 Å². The fourth-order valence-electron chi connectivity index (χ4n) is 1.10. The van der Waals surface area contributed by atoms with Crippen molar-refractivity contribution in [3.05, 3.63) is 24.0 Å². The molecule has 15 heavy (non-hydrogen) atoms. The molecule has 1 amide bonds. The van der Waals surface area contributed by atoms with Gasteiger partial charge in [-0.15, -0.1) is 0 Å². The van der Waals surface area contributed by atoms with E-state index in [4.69, 9.17) is 0 Å². The number of carbonyl (C=O) groups excluding carboxylic acids is 1. The summed E-state index contributed by atoms with van der Waals surface area (Å²) in [6.45, 7) is 5.93. The summed E-state index contributed by atoms with van der Waals surface area (Å²) in [6.07, 6.45) is 3.37. The molecular formula is C11H15BrN2O. The number of hydrogen-bond acceptors (Lipinski definition) is 2. The number of carbonyl (C=O) groups is 1. The third-order valence-corrected chi connectivity index (χ3v) is 3.61. The van der Waals surface area contributed by atoms with Crippen molar-refractivity contribution in [1.29, 1.82) is 0 Å². The molecule has 1 heterocycles. The largest absolute Gasteiger partial charge is 0.324 e. The van der Waals surface area contributed by atoms with Gasteiger partial charge < -0.3 is 5.32 Å². The predicted molar refractivity (Wildman–Crippen MR) is 65.2 cm³/mol. The number of aromatic nitrogens is 1. The van der Waals surface area contributed by atoms with E-state index in [9.17, 15) is 4.79 Å². The summed E-state index contributed by atoms with van der Waals surface area (Å²) in [7, 11) is 0. The van der Waals surface area contributed by atoms with Crippen LogP contribution >= 0.6 is 15.9 Å². The first-order chi connectivity index (χ1) is 7.02. The molecule has 0 aromatic carbocycles. The van der Waals surface area contributed by atoms with Gasteiger partial charge in [-0.2, -0.15) is 0 Å². The highest BCUT2D eigenvalue weighted by atomic mass is 79.9. The van der Waals surface area contributed by atoms with E-state index in [1.165, 1.54) is 0 Å². The molecule has 1 rings (SSSR count). The van der Waals surface area contributed by atoms with Crippen molar-refractivity contribution in [2.24, 2.45) is 5.92 Å². The Morgan fingerprint density at radius 3 is 2.73 bits per heavy atom. The monoisotopic (exact) mass is 270 g/mol. The molecule has 0 bridgehead atoms. The maximum Gasteiger partial charge on any atom is 0.238 e. The molecule has 82 valence electrons. The minimum absolute atomic E-state index is 0.0268. The summed E-state index contributed by atoms with van der Waals surface area (Å²) in [5, 5.41) is 2.84. The van der Waals surface area contributed by atoms with Gasteiger partial charge in [0, 0.05) is 6.20 Å². The first-order valence-electron chi connectivity index (χ1n) is 4.88. The van der Waals surface area contributed by atoms with E-state index < -0.39 is 0 Å². The highest BCUT2D eigenvalue weighted by Crippen LogP contribution is 2.17. The second kappa shape index (κ2) is 5.26. The molecule has 0 aliphatic carbocycles. The Morgan fingerprint density at radius 2 is 2.20 bits per heavy atom. The number of rotatable bonds is 3. The number of nitrogens with one attached hydrogen (secondary N) is 1. The topological polar surface area (TPSA) is 42.0 Å². The predicted octanol–water partition coefficient (Wildman–Crippen LogP) is 2.75. The molecule has 0 radical (unpaired) electrons. The van der Waals surface area contributed by atoms with Crippen LogP contribution in [0.5, 0.6) is 0 Å². The SMILES string of the molecule is Cc1ccncc1NC(=O)C(Br)C(C)C. The molecule has 1 aromatic heterocycles. The number of hydrogen-bond donors (Lipinski definition) is 1. The summed E-state index contributed by atoms with van der Waals surface area (Å²) < 4.78 is 0. The van der Waals surface area contributed by atoms with E-state index in [0.717, 1.165) is 11.3 Å². The number of alkyl halides is 1. The van der Waals surface area contributed by atoms with Gasteiger partial charge in [0.2, 0.25) is 5.91 Å². The molecule has 0 saturated heterocycles. The van der Waals surface area contributed by atoms with E-state index in [0.29, 0.717) is 0 Å². The minimum Gasteiger partial charge on any atom is -0.324 e. The molecule has 1 N–H and O–H groups in total. The lowest BCUT2D eigenvalue weighted by Crippen LogP contribution is -2.27. The van der Waals surface area contributed by atoms with Gasteiger partial charge in [-0.25, -0.2) is 0 Å². The first kappa shape index (κ1) is 12.2. The van der Waals surface area contributed by atoms with Crippen molar-refractivity contribution in [3.63, 3.8) is 0 Å². The van der Waals surface area contributed by atoms with E-state index >= 15 is 0 Å². The summed E-state index contributed by atoms with van der Waals surface area (Å²) in [5.41, 5.74) is 1.79. The van der Waals surface area contributed by atoms with E-state index in [1.54, 1.807) is 12.4 Å². The van der Waals surface area contributed by atoms with Gasteiger partial charge in [-0.1, -0.05) is 29.8 Å². The fraction of sp³-hybridized carbons (Fsp3) is 0.455. The molecule has 1 aromatic rings. The maximum absolute atomic E-state index is 11.7. The van der Waals surface area contributed by atoms with E-state index in [1.807, 2.05) is 26.8 Å². The van der Waals surface area contributed by atoms with Crippen LogP contribution in [0.25, 0.3) is 0 Å². The highest BCUT2D eigenvalue weighted by Gasteiger charge is 2.18. The Morgan fingerprint density at radius 1 is 1.53 bits per heavy atom. The van der Waals surface area contributed by atoms with Crippen LogP contribution in [-0.2, 0) is 4.79 Å². The smallest absolute Gasteiger partial charge is 0.238 e. The number of pyridine rings is 1. The Labute approximate surface area is 98.4 Å². The average Bonchev–Trinajstić information content (AvgIpc) is 2.20. The zero-order chi connectivity index (χ0) is 11.4. The van der Waals surface area contributed by atoms with Crippen molar-refractivity contribution in [2.75, 3.05) is 5.32 Å². The third kappa shape index (κ3) is 3.30. The molecule has 0 aliphatic rings. The van der Waals surface area contributed by atoms with Crippen molar-refractivity contribution in [1.82, 2.24) is 4.98 Å². The Bertz CT molecular complexity index is 352.